The van der Waals surface area contributed by atoms with Crippen molar-refractivity contribution in [3.63, 3.8) is 0 Å². The second-order valence-electron chi connectivity index (χ2n) is 11.2. The summed E-state index contributed by atoms with van der Waals surface area (Å²) in [6, 6.07) is 15.4. The van der Waals surface area contributed by atoms with Gasteiger partial charge in [-0.15, -0.1) is 5.10 Å². The summed E-state index contributed by atoms with van der Waals surface area (Å²) in [7, 11) is -3.83. The summed E-state index contributed by atoms with van der Waals surface area (Å²) in [5.41, 5.74) is 1.63. The van der Waals surface area contributed by atoms with Gasteiger partial charge in [-0.1, -0.05) is 36.6 Å². The summed E-state index contributed by atoms with van der Waals surface area (Å²) >= 11 is 0. The zero-order valence-corrected chi connectivity index (χ0v) is 25.1. The van der Waals surface area contributed by atoms with E-state index in [2.05, 4.69) is 20.4 Å². The van der Waals surface area contributed by atoms with Crippen molar-refractivity contribution in [2.75, 3.05) is 18.1 Å². The first-order chi connectivity index (χ1) is 21.4. The lowest BCUT2D eigenvalue weighted by molar-refractivity contribution is -0.128. The molecule has 2 N–H and O–H groups in total. The van der Waals surface area contributed by atoms with Crippen LogP contribution in [0.3, 0.4) is 0 Å². The second-order valence-corrected chi connectivity index (χ2v) is 13.0. The molecule has 4 aromatic rings. The molecule has 2 aliphatic rings. The fraction of sp³-hybridized carbons (Fsp3) is 0.419. The molecule has 2 fully saturated rings. The number of carbonyl (C=O) groups is 2. The van der Waals surface area contributed by atoms with Crippen LogP contribution in [0.1, 0.15) is 56.7 Å². The van der Waals surface area contributed by atoms with E-state index in [1.165, 1.54) is 40.1 Å². The molecule has 0 spiro atoms. The molecule has 2 aromatic carbocycles. The summed E-state index contributed by atoms with van der Waals surface area (Å²) in [6.45, 7) is 0.598. The Morgan fingerprint density at radius 3 is 2.50 bits per heavy atom. The number of aromatic nitrogens is 3. The van der Waals surface area contributed by atoms with Crippen LogP contribution in [0.25, 0.3) is 11.0 Å². The summed E-state index contributed by atoms with van der Waals surface area (Å²) in [6.07, 6.45) is 7.91. The molecular weight excluding hydrogens is 584 g/mol. The summed E-state index contributed by atoms with van der Waals surface area (Å²) in [5, 5.41) is 11.5. The van der Waals surface area contributed by atoms with Gasteiger partial charge in [0.2, 0.25) is 15.9 Å². The highest BCUT2D eigenvalue weighted by molar-refractivity contribution is 7.89. The normalized spacial score (nSPS) is 18.3. The first kappa shape index (κ1) is 30.0. The number of nitrogens with zero attached hydrogens (tertiary/aromatic N) is 4. The van der Waals surface area contributed by atoms with E-state index in [9.17, 15) is 18.0 Å². The minimum absolute atomic E-state index is 0.00707. The summed E-state index contributed by atoms with van der Waals surface area (Å²) < 4.78 is 41.4. The quantitative estimate of drug-likeness (QED) is 0.258. The number of carbonyl (C=O) groups excluding carboxylic acids is 2. The van der Waals surface area contributed by atoms with Gasteiger partial charge in [0.15, 0.2) is 6.04 Å². The number of hydrogen-bond acceptors (Lipinski definition) is 8. The summed E-state index contributed by atoms with van der Waals surface area (Å²) in [5.74, 6) is -0.545. The summed E-state index contributed by atoms with van der Waals surface area (Å²) in [4.78, 5) is 29.5. The third-order valence-electron chi connectivity index (χ3n) is 8.19. The Balaban J connectivity index is 1.33. The van der Waals surface area contributed by atoms with Crippen LogP contribution in [0, 0.1) is 0 Å². The van der Waals surface area contributed by atoms with Crippen LogP contribution in [0.15, 0.2) is 76.2 Å². The van der Waals surface area contributed by atoms with E-state index in [1.54, 1.807) is 18.2 Å². The van der Waals surface area contributed by atoms with Crippen LogP contribution in [-0.2, 0) is 30.9 Å². The van der Waals surface area contributed by atoms with Gasteiger partial charge in [0, 0.05) is 24.9 Å². The molecule has 1 saturated heterocycles. The van der Waals surface area contributed by atoms with E-state index in [-0.39, 0.29) is 41.8 Å². The van der Waals surface area contributed by atoms with Crippen LogP contribution in [-0.4, -0.2) is 60.5 Å². The van der Waals surface area contributed by atoms with Gasteiger partial charge >= 0.3 is 0 Å². The Bertz CT molecular complexity index is 1680. The molecule has 1 aliphatic carbocycles. The molecule has 1 aliphatic heterocycles. The van der Waals surface area contributed by atoms with Crippen molar-refractivity contribution >= 4 is 38.6 Å². The average Bonchev–Trinajstić information content (AvgIpc) is 3.83. The molecule has 12 nitrogen and oxygen atoms in total. The van der Waals surface area contributed by atoms with Gasteiger partial charge in [-0.25, -0.2) is 17.8 Å². The first-order valence-corrected chi connectivity index (χ1v) is 16.5. The van der Waals surface area contributed by atoms with Crippen molar-refractivity contribution in [3.05, 3.63) is 72.7 Å². The highest BCUT2D eigenvalue weighted by atomic mass is 32.2. The molecule has 13 heteroatoms. The fourth-order valence-electron chi connectivity index (χ4n) is 5.90. The lowest BCUT2D eigenvalue weighted by Gasteiger charge is -2.32. The number of fused-ring (bicyclic) bond motifs is 1. The van der Waals surface area contributed by atoms with Crippen molar-refractivity contribution in [2.24, 2.45) is 0 Å². The van der Waals surface area contributed by atoms with E-state index in [1.807, 2.05) is 18.2 Å². The van der Waals surface area contributed by atoms with Gasteiger partial charge < -0.3 is 14.5 Å². The number of nitrogens with one attached hydrogen (secondary N) is 2. The van der Waals surface area contributed by atoms with E-state index >= 15 is 0 Å². The van der Waals surface area contributed by atoms with Gasteiger partial charge in [0.1, 0.15) is 17.8 Å². The number of para-hydroxylation sites is 1. The van der Waals surface area contributed by atoms with Gasteiger partial charge in [-0.05, 0) is 74.2 Å². The Morgan fingerprint density at radius 1 is 0.977 bits per heavy atom. The minimum Gasteiger partial charge on any atom is -0.467 e. The van der Waals surface area contributed by atoms with Crippen molar-refractivity contribution < 1.29 is 27.2 Å². The van der Waals surface area contributed by atoms with E-state index in [0.29, 0.717) is 23.3 Å². The largest absolute Gasteiger partial charge is 0.467 e. The second kappa shape index (κ2) is 13.3. The Morgan fingerprint density at radius 2 is 1.77 bits per heavy atom. The van der Waals surface area contributed by atoms with Crippen molar-refractivity contribution in [3.8, 4) is 0 Å². The standard InChI is InChI=1S/C31H36N6O6S/c38-29(21-36-27-12-5-4-11-26(27)34-35-36)37(30(28-13-7-19-43-28)31(39)33-22-8-2-1-3-9-22)23-14-16-25(17-15-23)44(40,41)32-20-24-10-6-18-42-24/h4-5,7,11-17,19,22,24,30,32H,1-3,6,8-10,18,20-21H2,(H,33,39)/t24-,30+/m0/s1. The molecular formula is C31H36N6O6S. The molecule has 2 atom stereocenters. The fourth-order valence-corrected chi connectivity index (χ4v) is 6.97. The van der Waals surface area contributed by atoms with Crippen LogP contribution >= 0.6 is 0 Å². The molecule has 0 unspecified atom stereocenters. The first-order valence-electron chi connectivity index (χ1n) is 15.0. The number of anilines is 1. The van der Waals surface area contributed by atoms with Crippen LogP contribution in [0.2, 0.25) is 0 Å². The maximum Gasteiger partial charge on any atom is 0.251 e. The van der Waals surface area contributed by atoms with Gasteiger partial charge in [-0.3, -0.25) is 14.5 Å². The number of furan rings is 1. The maximum absolute atomic E-state index is 14.2. The van der Waals surface area contributed by atoms with Crippen LogP contribution in [0.5, 0.6) is 0 Å². The molecule has 6 rings (SSSR count). The predicted molar refractivity (Wildman–Crippen MR) is 162 cm³/mol. The topological polar surface area (TPSA) is 149 Å². The van der Waals surface area contributed by atoms with E-state index < -0.39 is 22.0 Å². The van der Waals surface area contributed by atoms with Crippen LogP contribution < -0.4 is 14.9 Å². The smallest absolute Gasteiger partial charge is 0.251 e. The highest BCUT2D eigenvalue weighted by Crippen LogP contribution is 2.31. The zero-order chi connectivity index (χ0) is 30.5. The molecule has 2 amide bonds. The predicted octanol–water partition coefficient (Wildman–Crippen LogP) is 3.71. The highest BCUT2D eigenvalue weighted by Gasteiger charge is 2.36. The molecule has 1 saturated carbocycles. The van der Waals surface area contributed by atoms with E-state index in [4.69, 9.17) is 9.15 Å². The van der Waals surface area contributed by atoms with E-state index in [0.717, 1.165) is 44.9 Å². The number of amides is 2. The molecule has 232 valence electrons. The van der Waals surface area contributed by atoms with Crippen LogP contribution in [0.4, 0.5) is 5.69 Å². The van der Waals surface area contributed by atoms with Gasteiger partial charge in [0.05, 0.1) is 22.8 Å². The number of hydrogen-bond donors (Lipinski definition) is 2. The maximum atomic E-state index is 14.2. The molecule has 3 heterocycles. The van der Waals surface area contributed by atoms with Crippen molar-refractivity contribution in [2.45, 2.75) is 74.6 Å². The average molecular weight is 621 g/mol. The Kier molecular flexibility index (Phi) is 9.05. The molecule has 44 heavy (non-hydrogen) atoms. The third-order valence-corrected chi connectivity index (χ3v) is 9.63. The molecule has 2 aromatic heterocycles. The number of ether oxygens (including phenoxy) is 1. The third kappa shape index (κ3) is 6.69. The van der Waals surface area contributed by atoms with Crippen molar-refractivity contribution in [1.29, 1.82) is 0 Å². The zero-order valence-electron chi connectivity index (χ0n) is 24.3. The van der Waals surface area contributed by atoms with Gasteiger partial charge in [-0.2, -0.15) is 0 Å². The lowest BCUT2D eigenvalue weighted by atomic mass is 9.95. The Labute approximate surface area is 255 Å². The number of sulfonamides is 1. The Hall–Kier alpha value is -4.07. The van der Waals surface area contributed by atoms with Gasteiger partial charge in [0.25, 0.3) is 5.91 Å². The van der Waals surface area contributed by atoms with Crippen molar-refractivity contribution in [1.82, 2.24) is 25.0 Å². The number of benzene rings is 2. The molecule has 0 bridgehead atoms. The number of rotatable bonds is 11. The lowest BCUT2D eigenvalue weighted by Crippen LogP contribution is -2.48. The minimum atomic E-state index is -3.83. The monoisotopic (exact) mass is 620 g/mol. The molecule has 0 radical (unpaired) electrons. The SMILES string of the molecule is O=C(NC1CCCCC1)[C@@H](c1ccco1)N(C(=O)Cn1nnc2ccccc21)c1ccc(S(=O)(=O)NC[C@@H]2CCCO2)cc1.